The zero-order chi connectivity index (χ0) is 71.7. The number of rotatable bonds is 50. The molecule has 0 aliphatic heterocycles. The third-order valence-corrected chi connectivity index (χ3v) is 11.6. The van der Waals surface area contributed by atoms with Crippen LogP contribution in [0.4, 0.5) is 4.39 Å². The maximum Gasteiger partial charge on any atom is 0.305 e. The minimum Gasteiger partial charge on any atom is -0.466 e. The number of Topliss-reactive ketones (excluding diaryl/α,β-unsaturated/α-hetero) is 6. The molecule has 0 aromatic rings. The third kappa shape index (κ3) is 174. The van der Waals surface area contributed by atoms with Gasteiger partial charge in [0.25, 0.3) is 0 Å². The van der Waals surface area contributed by atoms with Gasteiger partial charge in [0.15, 0.2) is 0 Å². The number of unbranched alkanes of at least 4 members (excludes halogenated alkanes) is 22. The van der Waals surface area contributed by atoms with Gasteiger partial charge >= 0.3 is 11.9 Å². The molecule has 0 saturated carbocycles. The van der Waals surface area contributed by atoms with Gasteiger partial charge < -0.3 is 38.2 Å². The molecule has 1 atom stereocenters. The summed E-state index contributed by atoms with van der Waals surface area (Å²) in [4.78, 5) is 84.3. The highest BCUT2D eigenvalue weighted by molar-refractivity contribution is 5.77. The number of halogens is 1. The molecule has 0 saturated heterocycles. The Kier molecular flexibility index (Phi) is 124. The van der Waals surface area contributed by atoms with Crippen LogP contribution in [-0.4, -0.2) is 66.0 Å². The van der Waals surface area contributed by atoms with Gasteiger partial charge in [-0.3, -0.25) is 9.59 Å². The first-order chi connectivity index (χ1) is 43.4. The quantitative estimate of drug-likeness (QED) is 0.0326. The standard InChI is InChI=1S/C13H24O.2C10H18O.C9H15FO2.C9H16O2.2C8H14O.C7H12O.2C3H6/c1-3-4-5-6-7-8-9-10-11-12-13(2)14;2*1-3-4-5-6-7-8-9-10(2)11;1-3-4-5-6-9(11)12-7-8(2)10;1-3-5-6-7-9(10)11-8-4-2;2*1-3-4-5-6-7-8(2)9;1-3-4-5-6-7(2)8;2*1-3-2/h3H,1,4-12H2,2H3;2*3H,1,4-9H2,2H3;3,8H,1,4-7H2,2H3;3H,1,4-8H2,2H3;2*3H,1,4-7H2,2H3;3H,1,4-6H2,2H3;2*3H,1H2,2H3. The van der Waals surface area contributed by atoms with E-state index in [0.717, 1.165) is 154 Å². The Labute approximate surface area is 561 Å². The second kappa shape index (κ2) is 106. The summed E-state index contributed by atoms with van der Waals surface area (Å²) < 4.78 is 21.6. The summed E-state index contributed by atoms with van der Waals surface area (Å²) in [5.74, 6) is 1.39. The van der Waals surface area contributed by atoms with E-state index in [4.69, 9.17) is 4.74 Å². The summed E-state index contributed by atoms with van der Waals surface area (Å²) in [5.41, 5.74) is 0. The molecule has 0 aliphatic rings. The molecule has 0 bridgehead atoms. The summed E-state index contributed by atoms with van der Waals surface area (Å²) in [6.07, 6.45) is 56.9. The highest BCUT2D eigenvalue weighted by Gasteiger charge is 2.05. The molecular formula is C80H143FO10. The van der Waals surface area contributed by atoms with Crippen LogP contribution in [0.25, 0.3) is 0 Å². The van der Waals surface area contributed by atoms with E-state index in [1.807, 2.05) is 63.3 Å². The van der Waals surface area contributed by atoms with Crippen molar-refractivity contribution in [3.8, 4) is 0 Å². The smallest absolute Gasteiger partial charge is 0.305 e. The van der Waals surface area contributed by atoms with Crippen LogP contribution in [0, 0.1) is 0 Å². The van der Waals surface area contributed by atoms with E-state index in [9.17, 15) is 42.7 Å². The lowest BCUT2D eigenvalue weighted by molar-refractivity contribution is -0.145. The summed E-state index contributed by atoms with van der Waals surface area (Å²) in [7, 11) is 0. The Morgan fingerprint density at radius 2 is 0.484 bits per heavy atom. The average molecular weight is 1280 g/mol. The lowest BCUT2D eigenvalue weighted by Crippen LogP contribution is -2.11. The van der Waals surface area contributed by atoms with Crippen LogP contribution in [0.2, 0.25) is 0 Å². The second-order valence-electron chi connectivity index (χ2n) is 22.1. The van der Waals surface area contributed by atoms with Crippen molar-refractivity contribution in [2.75, 3.05) is 13.2 Å². The first-order valence-corrected chi connectivity index (χ1v) is 34.4. The van der Waals surface area contributed by atoms with Crippen LogP contribution in [0.15, 0.2) is 127 Å². The molecule has 0 aliphatic carbocycles. The minimum absolute atomic E-state index is 0.0892. The van der Waals surface area contributed by atoms with Crippen molar-refractivity contribution >= 4 is 46.6 Å². The molecule has 0 N–H and O–H groups in total. The molecule has 0 fully saturated rings. The second-order valence-corrected chi connectivity index (χ2v) is 22.1. The maximum absolute atomic E-state index is 12.2. The Balaban J connectivity index is -0.000000102. The zero-order valence-electron chi connectivity index (χ0n) is 60.9. The van der Waals surface area contributed by atoms with E-state index in [0.29, 0.717) is 54.8 Å². The van der Waals surface area contributed by atoms with E-state index in [-0.39, 0.29) is 24.3 Å². The molecule has 0 aromatic carbocycles. The van der Waals surface area contributed by atoms with Gasteiger partial charge in [0.1, 0.15) is 47.5 Å². The first-order valence-electron chi connectivity index (χ1n) is 34.4. The molecule has 0 spiro atoms. The Morgan fingerprint density at radius 3 is 0.703 bits per heavy atom. The van der Waals surface area contributed by atoms with Gasteiger partial charge in [0, 0.05) is 51.4 Å². The number of hydrogen-bond donors (Lipinski definition) is 0. The number of alkyl halides is 1. The van der Waals surface area contributed by atoms with Gasteiger partial charge in [-0.1, -0.05) is 125 Å². The van der Waals surface area contributed by atoms with E-state index >= 15 is 0 Å². The summed E-state index contributed by atoms with van der Waals surface area (Å²) in [6.45, 7) is 53.0. The van der Waals surface area contributed by atoms with Gasteiger partial charge in [0.05, 0.1) is 6.61 Å². The van der Waals surface area contributed by atoms with Crippen molar-refractivity contribution in [1.29, 1.82) is 0 Å². The van der Waals surface area contributed by atoms with Crippen LogP contribution in [0.3, 0.4) is 0 Å². The normalized spacial score (nSPS) is 9.40. The number of allylic oxidation sites excluding steroid dienone is 10. The fourth-order valence-electron chi connectivity index (χ4n) is 6.75. The number of ketones is 6. The highest BCUT2D eigenvalue weighted by atomic mass is 19.1. The Hall–Kier alpha value is -5.71. The molecule has 530 valence electrons. The van der Waals surface area contributed by atoms with E-state index in [1.165, 1.54) is 84.0 Å². The number of ether oxygens (including phenoxy) is 2. The van der Waals surface area contributed by atoms with Gasteiger partial charge in [-0.05, 0) is 204 Å². The molecule has 0 amide bonds. The van der Waals surface area contributed by atoms with Crippen LogP contribution < -0.4 is 0 Å². The van der Waals surface area contributed by atoms with Crippen molar-refractivity contribution in [2.45, 2.75) is 326 Å². The van der Waals surface area contributed by atoms with Crippen molar-refractivity contribution in [3.63, 3.8) is 0 Å². The average Bonchev–Trinajstić information content (AvgIpc) is 3.50. The van der Waals surface area contributed by atoms with Crippen LogP contribution in [0.5, 0.6) is 0 Å². The molecule has 11 heteroatoms. The molecule has 0 rings (SSSR count). The van der Waals surface area contributed by atoms with Gasteiger partial charge in [-0.25, -0.2) is 4.39 Å². The van der Waals surface area contributed by atoms with Crippen LogP contribution >= 0.6 is 0 Å². The first kappa shape index (κ1) is 107. The number of carbonyl (C=O) groups is 8. The Bertz CT molecular complexity index is 1660. The van der Waals surface area contributed by atoms with E-state index in [1.54, 1.807) is 59.8 Å². The third-order valence-electron chi connectivity index (χ3n) is 11.6. The van der Waals surface area contributed by atoms with Crippen LogP contribution in [-0.2, 0) is 47.8 Å². The van der Waals surface area contributed by atoms with Crippen molar-refractivity contribution < 1.29 is 52.2 Å². The van der Waals surface area contributed by atoms with Gasteiger partial charge in [0.2, 0.25) is 0 Å². The highest BCUT2D eigenvalue weighted by Crippen LogP contribution is 2.11. The van der Waals surface area contributed by atoms with Crippen molar-refractivity contribution in [2.24, 2.45) is 0 Å². The molecule has 0 radical (unpaired) electrons. The molecule has 1 unspecified atom stereocenters. The number of carbonyl (C=O) groups excluding carboxylic acids is 8. The molecule has 91 heavy (non-hydrogen) atoms. The number of esters is 2. The SMILES string of the molecule is C=CC.C=CC.C=CCCCC(=O)OCC(C)F.C=CCCCC(=O)OCCC.C=CCCCC(C)=O.C=CCCCCC(C)=O.C=CCCCCC(C)=O.C=CCCCCCCC(C)=O.C=CCCCCCCC(C)=O.C=CCCCCCCCCCC(C)=O. The lowest BCUT2D eigenvalue weighted by Gasteiger charge is -2.03. The lowest BCUT2D eigenvalue weighted by atomic mass is 10.1. The topological polar surface area (TPSA) is 155 Å². The van der Waals surface area contributed by atoms with Gasteiger partial charge in [-0.15, -0.1) is 65.8 Å². The molecule has 0 aromatic heterocycles. The molecule has 0 heterocycles. The summed E-state index contributed by atoms with van der Waals surface area (Å²) in [5, 5.41) is 0. The summed E-state index contributed by atoms with van der Waals surface area (Å²) in [6, 6.07) is 0. The van der Waals surface area contributed by atoms with Crippen LogP contribution in [0.1, 0.15) is 320 Å². The Morgan fingerprint density at radius 1 is 0.308 bits per heavy atom. The summed E-state index contributed by atoms with van der Waals surface area (Å²) >= 11 is 0. The predicted octanol–water partition coefficient (Wildman–Crippen LogP) is 24.0. The monoisotopic (exact) mass is 1280 g/mol. The van der Waals surface area contributed by atoms with Crippen molar-refractivity contribution in [1.82, 2.24) is 0 Å². The predicted molar refractivity (Wildman–Crippen MR) is 396 cm³/mol. The molecular weight excluding hydrogens is 1140 g/mol. The maximum atomic E-state index is 12.2. The van der Waals surface area contributed by atoms with Gasteiger partial charge in [-0.2, -0.15) is 0 Å². The largest absolute Gasteiger partial charge is 0.466 e. The molecule has 10 nitrogen and oxygen atoms in total. The van der Waals surface area contributed by atoms with E-state index in [2.05, 4.69) is 70.5 Å². The zero-order valence-corrected chi connectivity index (χ0v) is 60.9. The van der Waals surface area contributed by atoms with E-state index < -0.39 is 6.17 Å². The fourth-order valence-corrected chi connectivity index (χ4v) is 6.75. The fraction of sp³-hybridized carbons (Fsp3) is 0.650. The number of hydrogen-bond acceptors (Lipinski definition) is 10. The minimum atomic E-state index is -1.08. The van der Waals surface area contributed by atoms with Crippen molar-refractivity contribution in [3.05, 3.63) is 127 Å².